The first-order valence-electron chi connectivity index (χ1n) is 2.53. The van der Waals surface area contributed by atoms with E-state index in [4.69, 9.17) is 0 Å². The molecular formula is C4H8FN3. The van der Waals surface area contributed by atoms with Crippen LogP contribution in [-0.2, 0) is 0 Å². The SMILES string of the molecule is CCN1C=NNC1F. The minimum Gasteiger partial charge on any atom is -0.314 e. The zero-order valence-corrected chi connectivity index (χ0v) is 4.63. The molecule has 1 aliphatic heterocycles. The molecule has 0 amide bonds. The molecule has 0 radical (unpaired) electrons. The van der Waals surface area contributed by atoms with Crippen LogP contribution in [0.5, 0.6) is 0 Å². The van der Waals surface area contributed by atoms with E-state index in [2.05, 4.69) is 10.5 Å². The summed E-state index contributed by atoms with van der Waals surface area (Å²) in [6.45, 7) is 2.52. The van der Waals surface area contributed by atoms with Crippen LogP contribution in [0.25, 0.3) is 0 Å². The Kier molecular flexibility index (Phi) is 1.32. The summed E-state index contributed by atoms with van der Waals surface area (Å²) in [7, 11) is 0. The predicted octanol–water partition coefficient (Wildman–Crippen LogP) is 0.108. The third-order valence-electron chi connectivity index (χ3n) is 1.04. The van der Waals surface area contributed by atoms with Crippen LogP contribution in [0.2, 0.25) is 0 Å². The molecule has 0 aromatic carbocycles. The van der Waals surface area contributed by atoms with Crippen molar-refractivity contribution in [2.24, 2.45) is 5.10 Å². The summed E-state index contributed by atoms with van der Waals surface area (Å²) in [6.07, 6.45) is 0.338. The summed E-state index contributed by atoms with van der Waals surface area (Å²) < 4.78 is 12.3. The van der Waals surface area contributed by atoms with Gasteiger partial charge in [0.15, 0.2) is 0 Å². The number of halogens is 1. The molecule has 1 atom stereocenters. The highest BCUT2D eigenvalue weighted by molar-refractivity contribution is 5.56. The Morgan fingerprint density at radius 2 is 2.75 bits per heavy atom. The van der Waals surface area contributed by atoms with E-state index < -0.39 is 6.42 Å². The van der Waals surface area contributed by atoms with E-state index in [1.807, 2.05) is 6.92 Å². The maximum Gasteiger partial charge on any atom is 0.262 e. The maximum atomic E-state index is 12.3. The van der Waals surface area contributed by atoms with Crippen molar-refractivity contribution in [3.05, 3.63) is 0 Å². The van der Waals surface area contributed by atoms with Crippen LogP contribution in [0.3, 0.4) is 0 Å². The monoisotopic (exact) mass is 117 g/mol. The van der Waals surface area contributed by atoms with Gasteiger partial charge in [0.25, 0.3) is 6.42 Å². The standard InChI is InChI=1S/C4H8FN3/c1-2-8-3-6-7-4(8)5/h3-4,7H,2H2,1H3. The molecule has 1 rings (SSSR count). The van der Waals surface area contributed by atoms with Gasteiger partial charge in [0.2, 0.25) is 0 Å². The summed E-state index contributed by atoms with van der Waals surface area (Å²) in [6, 6.07) is 0. The predicted molar refractivity (Wildman–Crippen MR) is 28.9 cm³/mol. The minimum absolute atomic E-state index is 0.650. The molecule has 0 aromatic heterocycles. The third kappa shape index (κ3) is 0.731. The van der Waals surface area contributed by atoms with Gasteiger partial charge in [-0.15, -0.1) is 0 Å². The van der Waals surface area contributed by atoms with E-state index in [0.29, 0.717) is 6.54 Å². The van der Waals surface area contributed by atoms with E-state index in [1.54, 1.807) is 0 Å². The normalized spacial score (nSPS) is 26.2. The molecule has 46 valence electrons. The molecule has 0 bridgehead atoms. The quantitative estimate of drug-likeness (QED) is 0.493. The molecule has 0 fully saturated rings. The second-order valence-corrected chi connectivity index (χ2v) is 1.54. The fourth-order valence-electron chi connectivity index (χ4n) is 0.544. The van der Waals surface area contributed by atoms with E-state index in [0.717, 1.165) is 0 Å². The van der Waals surface area contributed by atoms with Gasteiger partial charge in [-0.3, -0.25) is 5.43 Å². The van der Waals surface area contributed by atoms with Crippen LogP contribution in [-0.4, -0.2) is 24.2 Å². The average molecular weight is 117 g/mol. The van der Waals surface area contributed by atoms with Gasteiger partial charge in [-0.2, -0.15) is 9.49 Å². The fraction of sp³-hybridized carbons (Fsp3) is 0.750. The van der Waals surface area contributed by atoms with E-state index in [9.17, 15) is 4.39 Å². The van der Waals surface area contributed by atoms with Gasteiger partial charge in [0, 0.05) is 6.54 Å². The summed E-state index contributed by atoms with van der Waals surface area (Å²) in [5.41, 5.74) is 2.25. The molecule has 4 heteroatoms. The Labute approximate surface area is 47.2 Å². The van der Waals surface area contributed by atoms with Crippen molar-refractivity contribution in [3.63, 3.8) is 0 Å². The summed E-state index contributed by atoms with van der Waals surface area (Å²) in [5, 5.41) is 3.49. The van der Waals surface area contributed by atoms with Crippen molar-refractivity contribution in [1.29, 1.82) is 0 Å². The van der Waals surface area contributed by atoms with Crippen molar-refractivity contribution >= 4 is 6.34 Å². The zero-order chi connectivity index (χ0) is 5.98. The first-order chi connectivity index (χ1) is 3.84. The van der Waals surface area contributed by atoms with Crippen LogP contribution < -0.4 is 5.43 Å². The van der Waals surface area contributed by atoms with Crippen molar-refractivity contribution in [1.82, 2.24) is 10.3 Å². The molecule has 1 heterocycles. The average Bonchev–Trinajstić information content (AvgIpc) is 2.14. The number of hydrazone groups is 1. The van der Waals surface area contributed by atoms with Crippen molar-refractivity contribution in [2.75, 3.05) is 6.54 Å². The Balaban J connectivity index is 2.41. The number of hydrogen-bond acceptors (Lipinski definition) is 3. The summed E-state index contributed by atoms with van der Waals surface area (Å²) >= 11 is 0. The zero-order valence-electron chi connectivity index (χ0n) is 4.63. The Bertz CT molecular complexity index is 103. The lowest BCUT2D eigenvalue weighted by atomic mass is 10.6. The van der Waals surface area contributed by atoms with Gasteiger partial charge < -0.3 is 4.90 Å². The van der Waals surface area contributed by atoms with Crippen molar-refractivity contribution < 1.29 is 4.39 Å². The van der Waals surface area contributed by atoms with E-state index in [1.165, 1.54) is 11.2 Å². The fourth-order valence-corrected chi connectivity index (χ4v) is 0.544. The first-order valence-corrected chi connectivity index (χ1v) is 2.53. The number of alkyl halides is 1. The molecule has 0 saturated carbocycles. The molecule has 0 spiro atoms. The second kappa shape index (κ2) is 1.98. The van der Waals surface area contributed by atoms with Gasteiger partial charge in [-0.25, -0.2) is 0 Å². The number of nitrogens with one attached hydrogen (secondary N) is 1. The largest absolute Gasteiger partial charge is 0.314 e. The lowest BCUT2D eigenvalue weighted by Crippen LogP contribution is -2.32. The number of rotatable bonds is 1. The van der Waals surface area contributed by atoms with Gasteiger partial charge in [0.1, 0.15) is 6.34 Å². The second-order valence-electron chi connectivity index (χ2n) is 1.54. The molecule has 0 aromatic rings. The maximum absolute atomic E-state index is 12.3. The van der Waals surface area contributed by atoms with E-state index >= 15 is 0 Å². The molecule has 3 nitrogen and oxygen atoms in total. The molecule has 8 heavy (non-hydrogen) atoms. The molecule has 1 aliphatic rings. The first kappa shape index (κ1) is 5.34. The van der Waals surface area contributed by atoms with Crippen LogP contribution >= 0.6 is 0 Å². The third-order valence-corrected chi connectivity index (χ3v) is 1.04. The van der Waals surface area contributed by atoms with Crippen LogP contribution in [0.4, 0.5) is 4.39 Å². The Morgan fingerprint density at radius 1 is 2.00 bits per heavy atom. The lowest BCUT2D eigenvalue weighted by Gasteiger charge is -2.12. The minimum atomic E-state index is -1.11. The highest BCUT2D eigenvalue weighted by Gasteiger charge is 2.14. The van der Waals surface area contributed by atoms with Crippen molar-refractivity contribution in [3.8, 4) is 0 Å². The lowest BCUT2D eigenvalue weighted by molar-refractivity contribution is 0.149. The van der Waals surface area contributed by atoms with Gasteiger partial charge in [0.05, 0.1) is 0 Å². The molecule has 0 saturated heterocycles. The highest BCUT2D eigenvalue weighted by Crippen LogP contribution is 1.98. The van der Waals surface area contributed by atoms with Gasteiger partial charge in [-0.05, 0) is 6.92 Å². The molecule has 1 N–H and O–H groups in total. The highest BCUT2D eigenvalue weighted by atomic mass is 19.1. The Morgan fingerprint density at radius 3 is 3.00 bits per heavy atom. The molecule has 0 aliphatic carbocycles. The summed E-state index contributed by atoms with van der Waals surface area (Å²) in [5.74, 6) is 0. The van der Waals surface area contributed by atoms with Crippen LogP contribution in [0.1, 0.15) is 6.92 Å². The van der Waals surface area contributed by atoms with Crippen LogP contribution in [0.15, 0.2) is 5.10 Å². The Hall–Kier alpha value is -0.800. The number of hydrogen-bond donors (Lipinski definition) is 1. The van der Waals surface area contributed by atoms with E-state index in [-0.39, 0.29) is 0 Å². The molecular weight excluding hydrogens is 109 g/mol. The smallest absolute Gasteiger partial charge is 0.262 e. The van der Waals surface area contributed by atoms with Gasteiger partial charge >= 0.3 is 0 Å². The van der Waals surface area contributed by atoms with Crippen LogP contribution in [0, 0.1) is 0 Å². The van der Waals surface area contributed by atoms with Gasteiger partial charge in [-0.1, -0.05) is 0 Å². The summed E-state index contributed by atoms with van der Waals surface area (Å²) in [4.78, 5) is 1.46. The van der Waals surface area contributed by atoms with Crippen molar-refractivity contribution in [2.45, 2.75) is 13.3 Å². The topological polar surface area (TPSA) is 27.6 Å². The molecule has 1 unspecified atom stereocenters. The number of nitrogens with zero attached hydrogens (tertiary/aromatic N) is 2.